The van der Waals surface area contributed by atoms with Gasteiger partial charge in [0.15, 0.2) is 0 Å². The molecule has 1 aliphatic rings. The molecular weight excluding hydrogens is 215 g/mol. The van der Waals surface area contributed by atoms with Crippen molar-refractivity contribution in [2.45, 2.75) is 0 Å². The zero-order chi connectivity index (χ0) is 10.7. The van der Waals surface area contributed by atoms with Crippen molar-refractivity contribution in [3.8, 4) is 0 Å². The summed E-state index contributed by atoms with van der Waals surface area (Å²) < 4.78 is 12.8. The van der Waals surface area contributed by atoms with Crippen LogP contribution in [0.15, 0.2) is 18.3 Å². The van der Waals surface area contributed by atoms with E-state index in [1.165, 1.54) is 12.3 Å². The van der Waals surface area contributed by atoms with Crippen LogP contribution in [-0.2, 0) is 0 Å². The van der Waals surface area contributed by atoms with Gasteiger partial charge in [0.05, 0.1) is 0 Å². The number of halogens is 1. The van der Waals surface area contributed by atoms with Crippen molar-refractivity contribution in [3.05, 3.63) is 29.8 Å². The maximum absolute atomic E-state index is 12.8. The smallest absolute Gasteiger partial charge is 0.254 e. The molecule has 0 radical (unpaired) electrons. The number of carbonyl (C=O) groups is 1. The molecule has 0 bridgehead atoms. The van der Waals surface area contributed by atoms with E-state index >= 15 is 0 Å². The van der Waals surface area contributed by atoms with E-state index in [1.54, 1.807) is 11.0 Å². The van der Waals surface area contributed by atoms with Crippen LogP contribution < -0.4 is 0 Å². The van der Waals surface area contributed by atoms with Crippen LogP contribution >= 0.6 is 11.8 Å². The Labute approximate surface area is 91.7 Å². The number of hydrogen-bond acceptors (Lipinski definition) is 3. The lowest BCUT2D eigenvalue weighted by molar-refractivity contribution is 0.0771. The fourth-order valence-electron chi connectivity index (χ4n) is 1.48. The van der Waals surface area contributed by atoms with E-state index in [9.17, 15) is 9.18 Å². The Morgan fingerprint density at radius 3 is 2.87 bits per heavy atom. The van der Waals surface area contributed by atoms with Crippen LogP contribution in [0.2, 0.25) is 0 Å². The Kier molecular flexibility index (Phi) is 3.20. The molecule has 0 N–H and O–H groups in total. The van der Waals surface area contributed by atoms with E-state index < -0.39 is 5.95 Å². The van der Waals surface area contributed by atoms with Gasteiger partial charge < -0.3 is 4.90 Å². The molecule has 1 aromatic rings. The lowest BCUT2D eigenvalue weighted by atomic mass is 10.2. The number of pyridine rings is 1. The van der Waals surface area contributed by atoms with Gasteiger partial charge in [-0.05, 0) is 6.07 Å². The van der Waals surface area contributed by atoms with Gasteiger partial charge in [-0.3, -0.25) is 4.79 Å². The molecule has 0 aliphatic carbocycles. The van der Waals surface area contributed by atoms with E-state index in [-0.39, 0.29) is 5.91 Å². The molecule has 1 aromatic heterocycles. The summed E-state index contributed by atoms with van der Waals surface area (Å²) in [7, 11) is 0. The highest BCUT2D eigenvalue weighted by molar-refractivity contribution is 7.99. The van der Waals surface area contributed by atoms with Gasteiger partial charge >= 0.3 is 0 Å². The van der Waals surface area contributed by atoms with E-state index in [1.807, 2.05) is 11.8 Å². The van der Waals surface area contributed by atoms with Crippen LogP contribution in [0, 0.1) is 5.95 Å². The van der Waals surface area contributed by atoms with Gasteiger partial charge in [-0.2, -0.15) is 16.2 Å². The van der Waals surface area contributed by atoms with Gasteiger partial charge in [-0.15, -0.1) is 0 Å². The maximum atomic E-state index is 12.8. The van der Waals surface area contributed by atoms with Crippen molar-refractivity contribution in [2.75, 3.05) is 24.6 Å². The quantitative estimate of drug-likeness (QED) is 0.679. The van der Waals surface area contributed by atoms with Crippen LogP contribution in [0.25, 0.3) is 0 Å². The fourth-order valence-corrected chi connectivity index (χ4v) is 2.39. The number of thioether (sulfide) groups is 1. The average molecular weight is 226 g/mol. The summed E-state index contributed by atoms with van der Waals surface area (Å²) in [5.41, 5.74) is 0.384. The normalized spacial score (nSPS) is 16.5. The molecule has 1 saturated heterocycles. The highest BCUT2D eigenvalue weighted by Crippen LogP contribution is 2.12. The molecule has 0 atom stereocenters. The second-order valence-corrected chi connectivity index (χ2v) is 4.50. The molecule has 3 nitrogen and oxygen atoms in total. The first-order valence-corrected chi connectivity index (χ1v) is 5.91. The molecule has 5 heteroatoms. The Bertz CT molecular complexity index is 366. The van der Waals surface area contributed by atoms with Gasteiger partial charge in [-0.25, -0.2) is 4.98 Å². The largest absolute Gasteiger partial charge is 0.337 e. The molecular formula is C10H11FN2OS. The van der Waals surface area contributed by atoms with E-state index in [0.717, 1.165) is 24.6 Å². The van der Waals surface area contributed by atoms with Crippen LogP contribution in [0.4, 0.5) is 4.39 Å². The van der Waals surface area contributed by atoms with Crippen molar-refractivity contribution in [1.82, 2.24) is 9.88 Å². The molecule has 80 valence electrons. The van der Waals surface area contributed by atoms with E-state index in [4.69, 9.17) is 0 Å². The van der Waals surface area contributed by atoms with Crippen LogP contribution in [0.1, 0.15) is 10.4 Å². The standard InChI is InChI=1S/C10H11FN2OS/c11-9-7-8(1-2-12-9)10(14)13-3-5-15-6-4-13/h1-2,7H,3-6H2. The molecule has 2 rings (SSSR count). The third-order valence-electron chi connectivity index (χ3n) is 2.27. The zero-order valence-electron chi connectivity index (χ0n) is 8.15. The first-order chi connectivity index (χ1) is 7.27. The van der Waals surface area contributed by atoms with E-state index in [0.29, 0.717) is 5.56 Å². The topological polar surface area (TPSA) is 33.2 Å². The van der Waals surface area contributed by atoms with Crippen molar-refractivity contribution in [2.24, 2.45) is 0 Å². The Balaban J connectivity index is 2.12. The van der Waals surface area contributed by atoms with Crippen molar-refractivity contribution < 1.29 is 9.18 Å². The Hall–Kier alpha value is -1.10. The summed E-state index contributed by atoms with van der Waals surface area (Å²) in [4.78, 5) is 17.1. The van der Waals surface area contributed by atoms with Gasteiger partial charge in [0.25, 0.3) is 5.91 Å². The first kappa shape index (κ1) is 10.4. The van der Waals surface area contributed by atoms with Crippen molar-refractivity contribution in [1.29, 1.82) is 0 Å². The van der Waals surface area contributed by atoms with Crippen molar-refractivity contribution >= 4 is 17.7 Å². The number of aromatic nitrogens is 1. The maximum Gasteiger partial charge on any atom is 0.254 e. The number of hydrogen-bond donors (Lipinski definition) is 0. The molecule has 15 heavy (non-hydrogen) atoms. The molecule has 1 aliphatic heterocycles. The van der Waals surface area contributed by atoms with Crippen LogP contribution in [0.3, 0.4) is 0 Å². The minimum Gasteiger partial charge on any atom is -0.337 e. The second kappa shape index (κ2) is 4.61. The van der Waals surface area contributed by atoms with Gasteiger partial charge in [0.2, 0.25) is 5.95 Å². The lowest BCUT2D eigenvalue weighted by Gasteiger charge is -2.26. The SMILES string of the molecule is O=C(c1ccnc(F)c1)N1CCSCC1. The summed E-state index contributed by atoms with van der Waals surface area (Å²) >= 11 is 1.83. The van der Waals surface area contributed by atoms with Gasteiger partial charge in [-0.1, -0.05) is 0 Å². The molecule has 0 spiro atoms. The zero-order valence-corrected chi connectivity index (χ0v) is 8.97. The minimum absolute atomic E-state index is 0.100. The Morgan fingerprint density at radius 1 is 1.47 bits per heavy atom. The third-order valence-corrected chi connectivity index (χ3v) is 3.21. The first-order valence-electron chi connectivity index (χ1n) is 4.76. The molecule has 2 heterocycles. The van der Waals surface area contributed by atoms with Gasteiger partial charge in [0, 0.05) is 42.4 Å². The third kappa shape index (κ3) is 2.47. The monoisotopic (exact) mass is 226 g/mol. The van der Waals surface area contributed by atoms with Crippen molar-refractivity contribution in [3.63, 3.8) is 0 Å². The molecule has 1 fully saturated rings. The average Bonchev–Trinajstić information content (AvgIpc) is 2.29. The highest BCUT2D eigenvalue weighted by Gasteiger charge is 2.18. The van der Waals surface area contributed by atoms with Gasteiger partial charge in [0.1, 0.15) is 0 Å². The number of amides is 1. The number of rotatable bonds is 1. The van der Waals surface area contributed by atoms with Crippen LogP contribution in [-0.4, -0.2) is 40.4 Å². The summed E-state index contributed by atoms with van der Waals surface area (Å²) in [5, 5.41) is 0. The highest BCUT2D eigenvalue weighted by atomic mass is 32.2. The summed E-state index contributed by atoms with van der Waals surface area (Å²) in [6.07, 6.45) is 1.32. The predicted molar refractivity (Wildman–Crippen MR) is 57.4 cm³/mol. The number of nitrogens with zero attached hydrogens (tertiary/aromatic N) is 2. The van der Waals surface area contributed by atoms with E-state index in [2.05, 4.69) is 4.98 Å². The minimum atomic E-state index is -0.604. The number of carbonyl (C=O) groups excluding carboxylic acids is 1. The summed E-state index contributed by atoms with van der Waals surface area (Å²) in [5.74, 6) is 1.21. The predicted octanol–water partition coefficient (Wildman–Crippen LogP) is 1.41. The van der Waals surface area contributed by atoms with Crippen LogP contribution in [0.5, 0.6) is 0 Å². The summed E-state index contributed by atoms with van der Waals surface area (Å²) in [6.45, 7) is 1.49. The molecule has 1 amide bonds. The fraction of sp³-hybridized carbons (Fsp3) is 0.400. The molecule has 0 unspecified atom stereocenters. The molecule has 0 aromatic carbocycles. The second-order valence-electron chi connectivity index (χ2n) is 3.27. The molecule has 0 saturated carbocycles. The lowest BCUT2D eigenvalue weighted by Crippen LogP contribution is -2.37. The summed E-state index contributed by atoms with van der Waals surface area (Å²) in [6, 6.07) is 2.73. The Morgan fingerprint density at radius 2 is 2.20 bits per heavy atom.